The van der Waals surface area contributed by atoms with Crippen LogP contribution in [0.4, 0.5) is 13.2 Å². The molecule has 0 spiro atoms. The van der Waals surface area contributed by atoms with Crippen LogP contribution < -0.4 is 0 Å². The lowest BCUT2D eigenvalue weighted by atomic mass is 9.83. The Kier molecular flexibility index (Phi) is 4.98. The molecule has 18 heavy (non-hydrogen) atoms. The number of nitrogens with zero attached hydrogens (tertiary/aromatic N) is 1. The smallest absolute Gasteiger partial charge is 0.481 e. The Hall–Kier alpha value is -0.820. The fourth-order valence-corrected chi connectivity index (χ4v) is 2.40. The van der Waals surface area contributed by atoms with Crippen molar-refractivity contribution in [1.29, 1.82) is 0 Å². The van der Waals surface area contributed by atoms with Gasteiger partial charge in [0.25, 0.3) is 0 Å². The van der Waals surface area contributed by atoms with E-state index in [1.807, 2.05) is 6.92 Å². The predicted octanol–water partition coefficient (Wildman–Crippen LogP) is 2.10. The van der Waals surface area contributed by atoms with Gasteiger partial charge in [-0.05, 0) is 19.4 Å². The van der Waals surface area contributed by atoms with Crippen molar-refractivity contribution < 1.29 is 27.8 Å². The molecule has 1 saturated heterocycles. The number of halogens is 3. The van der Waals surface area contributed by atoms with Gasteiger partial charge in [0, 0.05) is 13.1 Å². The number of hydrogen-bond acceptors (Lipinski definition) is 3. The van der Waals surface area contributed by atoms with Crippen LogP contribution in [0.15, 0.2) is 0 Å². The largest absolute Gasteiger partial charge is 0.522 e. The van der Waals surface area contributed by atoms with Crippen LogP contribution in [0.2, 0.25) is 0 Å². The summed E-state index contributed by atoms with van der Waals surface area (Å²) in [5.74, 6) is -0.858. The van der Waals surface area contributed by atoms with Gasteiger partial charge in [0.15, 0.2) is 0 Å². The number of alkyl halides is 3. The second kappa shape index (κ2) is 5.88. The molecule has 7 heteroatoms. The lowest BCUT2D eigenvalue weighted by Crippen LogP contribution is -2.36. The van der Waals surface area contributed by atoms with Crippen LogP contribution >= 0.6 is 0 Å². The Bertz CT molecular complexity index is 296. The van der Waals surface area contributed by atoms with Gasteiger partial charge in [0.2, 0.25) is 0 Å². The molecule has 1 aliphatic heterocycles. The van der Waals surface area contributed by atoms with Gasteiger partial charge in [-0.1, -0.05) is 13.3 Å². The molecule has 1 unspecified atom stereocenters. The first-order valence-electron chi connectivity index (χ1n) is 5.95. The summed E-state index contributed by atoms with van der Waals surface area (Å²) in [5.41, 5.74) is -0.799. The third-order valence-corrected chi connectivity index (χ3v) is 3.29. The third kappa shape index (κ3) is 4.13. The quantitative estimate of drug-likeness (QED) is 0.802. The summed E-state index contributed by atoms with van der Waals surface area (Å²) in [6, 6.07) is 0. The van der Waals surface area contributed by atoms with E-state index in [9.17, 15) is 23.1 Å². The maximum absolute atomic E-state index is 11.8. The Morgan fingerprint density at radius 2 is 2.17 bits per heavy atom. The maximum Gasteiger partial charge on any atom is 0.522 e. The molecule has 0 aromatic heterocycles. The van der Waals surface area contributed by atoms with Crippen molar-refractivity contribution >= 4 is 5.97 Å². The SMILES string of the molecule is CCCC1(C(=O)O)CCN(CCOC(F)(F)F)C1. The van der Waals surface area contributed by atoms with Crippen LogP contribution in [0, 0.1) is 5.41 Å². The van der Waals surface area contributed by atoms with Crippen molar-refractivity contribution in [3.05, 3.63) is 0 Å². The summed E-state index contributed by atoms with van der Waals surface area (Å²) in [6.07, 6.45) is -2.83. The lowest BCUT2D eigenvalue weighted by molar-refractivity contribution is -0.324. The van der Waals surface area contributed by atoms with Crippen LogP contribution in [-0.4, -0.2) is 48.6 Å². The topological polar surface area (TPSA) is 49.8 Å². The fourth-order valence-electron chi connectivity index (χ4n) is 2.40. The molecule has 0 amide bonds. The number of hydrogen-bond donors (Lipinski definition) is 1. The van der Waals surface area contributed by atoms with Gasteiger partial charge in [-0.3, -0.25) is 14.4 Å². The number of aliphatic carboxylic acids is 1. The van der Waals surface area contributed by atoms with Crippen molar-refractivity contribution in [3.8, 4) is 0 Å². The van der Waals surface area contributed by atoms with Gasteiger partial charge in [-0.2, -0.15) is 0 Å². The van der Waals surface area contributed by atoms with E-state index in [1.54, 1.807) is 4.90 Å². The summed E-state index contributed by atoms with van der Waals surface area (Å²) >= 11 is 0. The van der Waals surface area contributed by atoms with Crippen LogP contribution in [-0.2, 0) is 9.53 Å². The Balaban J connectivity index is 2.42. The van der Waals surface area contributed by atoms with Gasteiger partial charge < -0.3 is 5.11 Å². The minimum absolute atomic E-state index is 0.109. The van der Waals surface area contributed by atoms with E-state index in [1.165, 1.54) is 0 Å². The molecule has 0 bridgehead atoms. The third-order valence-electron chi connectivity index (χ3n) is 3.29. The summed E-state index contributed by atoms with van der Waals surface area (Å²) in [4.78, 5) is 13.0. The van der Waals surface area contributed by atoms with Gasteiger partial charge >= 0.3 is 12.3 Å². The first-order chi connectivity index (χ1) is 8.29. The highest BCUT2D eigenvalue weighted by molar-refractivity contribution is 5.75. The van der Waals surface area contributed by atoms with Crippen molar-refractivity contribution in [2.45, 2.75) is 32.5 Å². The fraction of sp³-hybridized carbons (Fsp3) is 0.909. The second-order valence-electron chi connectivity index (χ2n) is 4.66. The molecule has 1 aliphatic rings. The minimum atomic E-state index is -4.62. The van der Waals surface area contributed by atoms with Crippen LogP contribution in [0.25, 0.3) is 0 Å². The van der Waals surface area contributed by atoms with E-state index in [4.69, 9.17) is 0 Å². The van der Waals surface area contributed by atoms with Crippen molar-refractivity contribution in [3.63, 3.8) is 0 Å². The number of ether oxygens (including phenoxy) is 1. The van der Waals surface area contributed by atoms with E-state index >= 15 is 0 Å². The van der Waals surface area contributed by atoms with Gasteiger partial charge in [-0.15, -0.1) is 13.2 Å². The monoisotopic (exact) mass is 269 g/mol. The number of carbonyl (C=O) groups is 1. The second-order valence-corrected chi connectivity index (χ2v) is 4.66. The first-order valence-corrected chi connectivity index (χ1v) is 5.95. The molecule has 4 nitrogen and oxygen atoms in total. The molecule has 1 atom stereocenters. The number of carboxylic acid groups (broad SMARTS) is 1. The highest BCUT2D eigenvalue weighted by Crippen LogP contribution is 2.35. The van der Waals surface area contributed by atoms with Gasteiger partial charge in [0.1, 0.15) is 0 Å². The number of likely N-dealkylation sites (tertiary alicyclic amines) is 1. The molecule has 106 valence electrons. The zero-order chi connectivity index (χ0) is 13.8. The average molecular weight is 269 g/mol. The number of rotatable bonds is 6. The molecule has 0 radical (unpaired) electrons. The summed E-state index contributed by atoms with van der Waals surface area (Å²) in [5, 5.41) is 9.23. The predicted molar refractivity (Wildman–Crippen MR) is 58.0 cm³/mol. The molecular formula is C11H18F3NO3. The molecule has 1 N–H and O–H groups in total. The summed E-state index contributed by atoms with van der Waals surface area (Å²) < 4.78 is 39.1. The summed E-state index contributed by atoms with van der Waals surface area (Å²) in [6.45, 7) is 2.37. The molecule has 0 aromatic carbocycles. The van der Waals surface area contributed by atoms with E-state index in [2.05, 4.69) is 4.74 Å². The Labute approximate surface area is 104 Å². The summed E-state index contributed by atoms with van der Waals surface area (Å²) in [7, 11) is 0. The normalized spacial score (nSPS) is 25.6. The Morgan fingerprint density at radius 1 is 1.50 bits per heavy atom. The molecule has 0 aromatic rings. The minimum Gasteiger partial charge on any atom is -0.481 e. The highest BCUT2D eigenvalue weighted by atomic mass is 19.4. The zero-order valence-corrected chi connectivity index (χ0v) is 10.3. The van der Waals surface area contributed by atoms with Gasteiger partial charge in [-0.25, -0.2) is 0 Å². The maximum atomic E-state index is 11.8. The van der Waals surface area contributed by atoms with Gasteiger partial charge in [0.05, 0.1) is 12.0 Å². The number of carboxylic acids is 1. The first kappa shape index (κ1) is 15.2. The molecule has 1 heterocycles. The van der Waals surface area contributed by atoms with E-state index in [-0.39, 0.29) is 6.54 Å². The van der Waals surface area contributed by atoms with Crippen LogP contribution in [0.5, 0.6) is 0 Å². The molecule has 0 aliphatic carbocycles. The molecule has 1 rings (SSSR count). The van der Waals surface area contributed by atoms with Crippen LogP contribution in [0.3, 0.4) is 0 Å². The molecule has 1 fully saturated rings. The lowest BCUT2D eigenvalue weighted by Gasteiger charge is -2.24. The van der Waals surface area contributed by atoms with E-state index in [0.717, 1.165) is 6.42 Å². The zero-order valence-electron chi connectivity index (χ0n) is 10.3. The van der Waals surface area contributed by atoms with Crippen molar-refractivity contribution in [1.82, 2.24) is 4.90 Å². The average Bonchev–Trinajstić information content (AvgIpc) is 2.61. The molecular weight excluding hydrogens is 251 g/mol. The van der Waals surface area contributed by atoms with Crippen LogP contribution in [0.1, 0.15) is 26.2 Å². The highest BCUT2D eigenvalue weighted by Gasteiger charge is 2.43. The standard InChI is InChI=1S/C11H18F3NO3/c1-2-3-10(9(16)17)4-5-15(8-10)6-7-18-11(12,13)14/h2-8H2,1H3,(H,16,17). The molecule has 0 saturated carbocycles. The van der Waals surface area contributed by atoms with E-state index < -0.39 is 24.4 Å². The van der Waals surface area contributed by atoms with Crippen molar-refractivity contribution in [2.24, 2.45) is 5.41 Å². The Morgan fingerprint density at radius 3 is 2.67 bits per heavy atom. The van der Waals surface area contributed by atoms with Crippen molar-refractivity contribution in [2.75, 3.05) is 26.2 Å². The van der Waals surface area contributed by atoms with E-state index in [0.29, 0.717) is 25.9 Å².